The van der Waals surface area contributed by atoms with Gasteiger partial charge in [-0.3, -0.25) is 9.69 Å². The summed E-state index contributed by atoms with van der Waals surface area (Å²) in [5.41, 5.74) is 6.85. The van der Waals surface area contributed by atoms with E-state index in [0.29, 0.717) is 22.1 Å². The summed E-state index contributed by atoms with van der Waals surface area (Å²) in [6.07, 6.45) is 0. The summed E-state index contributed by atoms with van der Waals surface area (Å²) >= 11 is 1.18. The van der Waals surface area contributed by atoms with E-state index in [1.165, 1.54) is 38.0 Å². The number of carbonyl (C=O) groups excluding carboxylic acids is 3. The van der Waals surface area contributed by atoms with E-state index in [2.05, 4.69) is 0 Å². The van der Waals surface area contributed by atoms with Crippen molar-refractivity contribution in [2.24, 2.45) is 5.73 Å². The Kier molecular flexibility index (Phi) is 6.49. The first-order valence-electron chi connectivity index (χ1n) is 9.52. The predicted octanol–water partition coefficient (Wildman–Crippen LogP) is 1.88. The Hall–Kier alpha value is -3.14. The predicted molar refractivity (Wildman–Crippen MR) is 113 cm³/mol. The number of rotatable bonds is 6. The number of methoxy groups -OCH3 is 3. The molecule has 3 rings (SSSR count). The number of benzene rings is 1. The number of hydrogen-bond acceptors (Lipinski definition) is 9. The molecule has 31 heavy (non-hydrogen) atoms. The Morgan fingerprint density at radius 3 is 2.42 bits per heavy atom. The molecule has 0 aliphatic carbocycles. The summed E-state index contributed by atoms with van der Waals surface area (Å²) < 4.78 is 21.2. The SMILES string of the molecule is CCOC(=O)C1=C2SC(C)C(=O)N2C(N)=C(C(=O)OC)C1c1cccc(OC)c1OC. The number of nitrogens with zero attached hydrogens (tertiary/aromatic N) is 1. The molecule has 1 fully saturated rings. The molecule has 2 unspecified atom stereocenters. The molecule has 1 aromatic rings. The van der Waals surface area contributed by atoms with Crippen molar-refractivity contribution in [1.29, 1.82) is 0 Å². The number of thioether (sulfide) groups is 1. The van der Waals surface area contributed by atoms with Gasteiger partial charge in [-0.2, -0.15) is 0 Å². The van der Waals surface area contributed by atoms with E-state index < -0.39 is 23.1 Å². The maximum atomic E-state index is 13.1. The highest BCUT2D eigenvalue weighted by Crippen LogP contribution is 2.52. The molecule has 0 bridgehead atoms. The van der Waals surface area contributed by atoms with E-state index in [-0.39, 0.29) is 29.5 Å². The molecule has 166 valence electrons. The largest absolute Gasteiger partial charge is 0.493 e. The zero-order valence-corrected chi connectivity index (χ0v) is 18.7. The van der Waals surface area contributed by atoms with Gasteiger partial charge in [0, 0.05) is 5.56 Å². The minimum absolute atomic E-state index is 0.0519. The van der Waals surface area contributed by atoms with Crippen LogP contribution >= 0.6 is 11.8 Å². The van der Waals surface area contributed by atoms with Crippen LogP contribution in [-0.4, -0.2) is 55.9 Å². The number of amides is 1. The summed E-state index contributed by atoms with van der Waals surface area (Å²) in [5, 5.41) is -0.168. The summed E-state index contributed by atoms with van der Waals surface area (Å²) in [6.45, 7) is 3.48. The number of fused-ring (bicyclic) bond motifs is 1. The third kappa shape index (κ3) is 3.60. The summed E-state index contributed by atoms with van der Waals surface area (Å²) in [7, 11) is 4.14. The topological polar surface area (TPSA) is 117 Å². The first-order chi connectivity index (χ1) is 14.8. The van der Waals surface area contributed by atoms with Crippen molar-refractivity contribution in [3.8, 4) is 11.5 Å². The molecule has 9 nitrogen and oxygen atoms in total. The van der Waals surface area contributed by atoms with E-state index in [4.69, 9.17) is 24.7 Å². The van der Waals surface area contributed by atoms with Crippen LogP contribution in [-0.2, 0) is 23.9 Å². The van der Waals surface area contributed by atoms with Crippen molar-refractivity contribution in [3.63, 3.8) is 0 Å². The lowest BCUT2D eigenvalue weighted by atomic mass is 9.81. The van der Waals surface area contributed by atoms with Gasteiger partial charge in [0.25, 0.3) is 0 Å². The van der Waals surface area contributed by atoms with Crippen molar-refractivity contribution >= 4 is 29.6 Å². The van der Waals surface area contributed by atoms with Gasteiger partial charge in [0.05, 0.1) is 55.3 Å². The third-order valence-electron chi connectivity index (χ3n) is 5.03. The molecule has 2 aliphatic rings. The summed E-state index contributed by atoms with van der Waals surface area (Å²) in [6, 6.07) is 5.09. The second kappa shape index (κ2) is 8.93. The Bertz CT molecular complexity index is 1000. The van der Waals surface area contributed by atoms with Gasteiger partial charge in [-0.25, -0.2) is 9.59 Å². The van der Waals surface area contributed by atoms with Crippen LogP contribution in [0.5, 0.6) is 11.5 Å². The number of hydrogen-bond donors (Lipinski definition) is 1. The lowest BCUT2D eigenvalue weighted by molar-refractivity contribution is -0.139. The zero-order chi connectivity index (χ0) is 22.9. The maximum absolute atomic E-state index is 13.1. The Morgan fingerprint density at radius 1 is 1.13 bits per heavy atom. The highest BCUT2D eigenvalue weighted by molar-refractivity contribution is 8.04. The van der Waals surface area contributed by atoms with Crippen LogP contribution in [0.1, 0.15) is 25.3 Å². The van der Waals surface area contributed by atoms with E-state index in [9.17, 15) is 14.4 Å². The Labute approximate surface area is 184 Å². The fourth-order valence-corrected chi connectivity index (χ4v) is 4.86. The molecule has 0 spiro atoms. The fourth-order valence-electron chi connectivity index (χ4n) is 3.70. The second-order valence-electron chi connectivity index (χ2n) is 6.68. The van der Waals surface area contributed by atoms with Crippen molar-refractivity contribution in [2.45, 2.75) is 25.0 Å². The molecule has 1 saturated heterocycles. The molecular formula is C21H24N2O7S. The molecule has 1 aromatic carbocycles. The number of esters is 2. The quantitative estimate of drug-likeness (QED) is 0.651. The average molecular weight is 448 g/mol. The van der Waals surface area contributed by atoms with Crippen LogP contribution in [0.3, 0.4) is 0 Å². The average Bonchev–Trinajstić information content (AvgIpc) is 3.06. The molecular weight excluding hydrogens is 424 g/mol. The highest BCUT2D eigenvalue weighted by Gasteiger charge is 2.49. The minimum atomic E-state index is -0.992. The van der Waals surface area contributed by atoms with Gasteiger partial charge in [0.15, 0.2) is 11.5 Å². The van der Waals surface area contributed by atoms with Gasteiger partial charge < -0.3 is 24.7 Å². The van der Waals surface area contributed by atoms with Gasteiger partial charge in [-0.1, -0.05) is 23.9 Å². The molecule has 0 saturated carbocycles. The summed E-state index contributed by atoms with van der Waals surface area (Å²) in [4.78, 5) is 40.0. The van der Waals surface area contributed by atoms with Gasteiger partial charge in [0.1, 0.15) is 5.82 Å². The molecule has 1 amide bonds. The van der Waals surface area contributed by atoms with E-state index in [1.807, 2.05) is 0 Å². The van der Waals surface area contributed by atoms with Gasteiger partial charge >= 0.3 is 11.9 Å². The Morgan fingerprint density at radius 2 is 1.84 bits per heavy atom. The number of nitrogens with two attached hydrogens (primary N) is 1. The molecule has 2 aliphatic heterocycles. The van der Waals surface area contributed by atoms with Crippen LogP contribution in [0.25, 0.3) is 0 Å². The monoisotopic (exact) mass is 448 g/mol. The molecule has 2 atom stereocenters. The lowest BCUT2D eigenvalue weighted by Gasteiger charge is -2.33. The normalized spacial score (nSPS) is 20.5. The van der Waals surface area contributed by atoms with Crippen LogP contribution < -0.4 is 15.2 Å². The zero-order valence-electron chi connectivity index (χ0n) is 17.9. The number of carbonyl (C=O) groups is 3. The van der Waals surface area contributed by atoms with Crippen LogP contribution in [0.4, 0.5) is 0 Å². The fraction of sp³-hybridized carbons (Fsp3) is 0.381. The van der Waals surface area contributed by atoms with Gasteiger partial charge in [0.2, 0.25) is 5.91 Å². The number of para-hydroxylation sites is 1. The van der Waals surface area contributed by atoms with Crippen LogP contribution in [0.2, 0.25) is 0 Å². The van der Waals surface area contributed by atoms with Crippen molar-refractivity contribution in [2.75, 3.05) is 27.9 Å². The third-order valence-corrected chi connectivity index (χ3v) is 6.21. The first-order valence-corrected chi connectivity index (χ1v) is 10.4. The molecule has 0 aromatic heterocycles. The minimum Gasteiger partial charge on any atom is -0.493 e. The molecule has 2 heterocycles. The highest BCUT2D eigenvalue weighted by atomic mass is 32.2. The standard InChI is InChI=1S/C21H24N2O7S/c1-6-30-21(26)15-13(11-8-7-9-12(27-3)16(11)28-4)14(20(25)29-5)17(22)23-18(24)10(2)31-19(15)23/h7-10,13H,6,22H2,1-5H3. The van der Waals surface area contributed by atoms with E-state index >= 15 is 0 Å². The smallest absolute Gasteiger partial charge is 0.338 e. The number of ether oxygens (including phenoxy) is 4. The van der Waals surface area contributed by atoms with Gasteiger partial charge in [-0.05, 0) is 19.9 Å². The lowest BCUT2D eigenvalue weighted by Crippen LogP contribution is -2.40. The second-order valence-corrected chi connectivity index (χ2v) is 8.01. The first kappa shape index (κ1) is 22.5. The molecule has 10 heteroatoms. The van der Waals surface area contributed by atoms with Crippen LogP contribution in [0, 0.1) is 0 Å². The maximum Gasteiger partial charge on any atom is 0.338 e. The molecule has 2 N–H and O–H groups in total. The van der Waals surface area contributed by atoms with Crippen LogP contribution in [0.15, 0.2) is 40.2 Å². The van der Waals surface area contributed by atoms with Crippen molar-refractivity contribution in [1.82, 2.24) is 4.90 Å². The van der Waals surface area contributed by atoms with E-state index in [0.717, 1.165) is 0 Å². The van der Waals surface area contributed by atoms with Crippen molar-refractivity contribution in [3.05, 3.63) is 45.8 Å². The van der Waals surface area contributed by atoms with Crippen molar-refractivity contribution < 1.29 is 33.3 Å². The Balaban J connectivity index is 2.39. The molecule has 0 radical (unpaired) electrons. The van der Waals surface area contributed by atoms with E-state index in [1.54, 1.807) is 32.0 Å². The van der Waals surface area contributed by atoms with Gasteiger partial charge in [-0.15, -0.1) is 0 Å². The summed E-state index contributed by atoms with van der Waals surface area (Å²) in [5.74, 6) is -2.13.